The molecule has 0 bridgehead atoms. The van der Waals surface area contributed by atoms with Crippen LogP contribution in [0.15, 0.2) is 84.9 Å². The minimum absolute atomic E-state index is 0.0569. The average molecular weight is 406 g/mol. The molecule has 29 heavy (non-hydrogen) atoms. The minimum Gasteiger partial charge on any atom is -0.419 e. The van der Waals surface area contributed by atoms with Crippen molar-refractivity contribution in [3.05, 3.63) is 84.9 Å². The molecule has 0 heterocycles. The van der Waals surface area contributed by atoms with Crippen molar-refractivity contribution in [2.24, 2.45) is 0 Å². The molecule has 0 atom stereocenters. The maximum absolute atomic E-state index is 12.4. The Kier molecular flexibility index (Phi) is 4.89. The van der Waals surface area contributed by atoms with Crippen LogP contribution in [0.25, 0.3) is 21.5 Å². The van der Waals surface area contributed by atoms with Crippen molar-refractivity contribution in [2.45, 2.75) is 0 Å². The number of hydrogen-bond acceptors (Lipinski definition) is 5. The van der Waals surface area contributed by atoms with Crippen molar-refractivity contribution in [3.8, 4) is 11.5 Å². The van der Waals surface area contributed by atoms with E-state index in [0.717, 1.165) is 21.5 Å². The Labute approximate surface area is 165 Å². The lowest BCUT2D eigenvalue weighted by atomic mass is 10.1. The summed E-state index contributed by atoms with van der Waals surface area (Å²) >= 11 is 0. The van der Waals surface area contributed by atoms with Crippen molar-refractivity contribution in [3.63, 3.8) is 0 Å². The lowest BCUT2D eigenvalue weighted by Crippen LogP contribution is -2.16. The van der Waals surface area contributed by atoms with Crippen molar-refractivity contribution >= 4 is 40.3 Å². The van der Waals surface area contributed by atoms with Gasteiger partial charge in [0.05, 0.1) is 0 Å². The van der Waals surface area contributed by atoms with Gasteiger partial charge in [-0.2, -0.15) is 0 Å². The highest BCUT2D eigenvalue weighted by molar-refractivity contribution is 7.89. The van der Waals surface area contributed by atoms with E-state index >= 15 is 0 Å². The molecular formula is C22H15O6P. The normalized spacial score (nSPS) is 11.3. The maximum Gasteiger partial charge on any atom is 0.411 e. The maximum atomic E-state index is 12.4. The van der Waals surface area contributed by atoms with Crippen LogP contribution in [0.2, 0.25) is 0 Å². The van der Waals surface area contributed by atoms with Crippen molar-refractivity contribution in [1.29, 1.82) is 0 Å². The quantitative estimate of drug-likeness (QED) is 0.421. The van der Waals surface area contributed by atoms with Gasteiger partial charge in [-0.25, -0.2) is 9.59 Å². The van der Waals surface area contributed by atoms with E-state index in [4.69, 9.17) is 9.47 Å². The van der Waals surface area contributed by atoms with E-state index in [2.05, 4.69) is 0 Å². The summed E-state index contributed by atoms with van der Waals surface area (Å²) in [6.07, 6.45) is 0. The first kappa shape index (κ1) is 18.9. The molecule has 0 unspecified atom stereocenters. The SMILES string of the molecule is O=C(Oc1ccc2ccccc2c1)P(=O)(O)C(=O)Oc1ccc2ccccc2c1. The zero-order valence-electron chi connectivity index (χ0n) is 15.0. The highest BCUT2D eigenvalue weighted by atomic mass is 31.2. The number of benzene rings is 4. The molecule has 0 aromatic heterocycles. The van der Waals surface area contributed by atoms with Gasteiger partial charge in [0.2, 0.25) is 0 Å². The summed E-state index contributed by atoms with van der Waals surface area (Å²) in [6.45, 7) is 0. The molecule has 6 nitrogen and oxygen atoms in total. The van der Waals surface area contributed by atoms with Crippen LogP contribution < -0.4 is 9.47 Å². The molecule has 4 aromatic rings. The van der Waals surface area contributed by atoms with Gasteiger partial charge in [0.15, 0.2) is 0 Å². The smallest absolute Gasteiger partial charge is 0.411 e. The number of ether oxygens (including phenoxy) is 2. The Morgan fingerprint density at radius 3 is 1.41 bits per heavy atom. The van der Waals surface area contributed by atoms with Crippen LogP contribution in [0.3, 0.4) is 0 Å². The van der Waals surface area contributed by atoms with Crippen LogP contribution in [0.4, 0.5) is 9.59 Å². The predicted molar refractivity (Wildman–Crippen MR) is 110 cm³/mol. The lowest BCUT2D eigenvalue weighted by molar-refractivity contribution is 0.210. The molecule has 4 aromatic carbocycles. The van der Waals surface area contributed by atoms with Gasteiger partial charge in [-0.15, -0.1) is 0 Å². The monoisotopic (exact) mass is 406 g/mol. The number of carbonyl (C=O) groups excluding carboxylic acids is 2. The molecule has 0 amide bonds. The van der Waals surface area contributed by atoms with E-state index in [1.54, 1.807) is 36.4 Å². The number of rotatable bonds is 4. The third-order valence-electron chi connectivity index (χ3n) is 4.35. The third-order valence-corrected chi connectivity index (χ3v) is 5.52. The average Bonchev–Trinajstić information content (AvgIpc) is 2.73. The van der Waals surface area contributed by atoms with E-state index in [1.807, 2.05) is 36.4 Å². The van der Waals surface area contributed by atoms with Crippen molar-refractivity contribution < 1.29 is 28.5 Å². The Bertz CT molecular complexity index is 1200. The van der Waals surface area contributed by atoms with Gasteiger partial charge in [0.25, 0.3) is 0 Å². The standard InChI is InChI=1S/C22H15O6P/c23-21(27-19-11-9-15-5-1-3-7-17(15)13-19)29(25,26)22(24)28-20-12-10-16-6-2-4-8-18(16)14-20/h1-14H,(H,25,26). The molecule has 1 N–H and O–H groups in total. The van der Waals surface area contributed by atoms with E-state index in [1.165, 1.54) is 12.1 Å². The summed E-state index contributed by atoms with van der Waals surface area (Å²) in [6, 6.07) is 24.2. The summed E-state index contributed by atoms with van der Waals surface area (Å²) in [5, 5.41) is 3.39. The van der Waals surface area contributed by atoms with E-state index < -0.39 is 18.8 Å². The van der Waals surface area contributed by atoms with Crippen LogP contribution in [0.5, 0.6) is 11.5 Å². The van der Waals surface area contributed by atoms with Gasteiger partial charge in [-0.1, -0.05) is 60.7 Å². The molecule has 4 rings (SSSR count). The fourth-order valence-electron chi connectivity index (χ4n) is 2.86. The third kappa shape index (κ3) is 3.90. The predicted octanol–water partition coefficient (Wildman–Crippen LogP) is 5.96. The molecular weight excluding hydrogens is 391 g/mol. The Morgan fingerprint density at radius 1 is 0.621 bits per heavy atom. The zero-order valence-corrected chi connectivity index (χ0v) is 15.9. The van der Waals surface area contributed by atoms with Crippen molar-refractivity contribution in [1.82, 2.24) is 0 Å². The van der Waals surface area contributed by atoms with Crippen LogP contribution >= 0.6 is 7.37 Å². The molecule has 7 heteroatoms. The van der Waals surface area contributed by atoms with Crippen LogP contribution in [-0.2, 0) is 4.57 Å². The van der Waals surface area contributed by atoms with Crippen LogP contribution in [0.1, 0.15) is 0 Å². The summed E-state index contributed by atoms with van der Waals surface area (Å²) in [5.41, 5.74) is -3.11. The second-order valence-electron chi connectivity index (χ2n) is 6.33. The molecule has 0 radical (unpaired) electrons. The van der Waals surface area contributed by atoms with Gasteiger partial charge < -0.3 is 14.4 Å². The van der Waals surface area contributed by atoms with E-state index in [0.29, 0.717) is 0 Å². The first-order valence-corrected chi connectivity index (χ1v) is 10.3. The first-order valence-electron chi connectivity index (χ1n) is 8.69. The molecule has 0 fully saturated rings. The topological polar surface area (TPSA) is 89.9 Å². The van der Waals surface area contributed by atoms with Gasteiger partial charge in [-0.05, 0) is 45.8 Å². The van der Waals surface area contributed by atoms with Gasteiger partial charge in [0.1, 0.15) is 11.5 Å². The Balaban J connectivity index is 1.51. The summed E-state index contributed by atoms with van der Waals surface area (Å²) in [4.78, 5) is 34.4. The first-order chi connectivity index (χ1) is 13.9. The van der Waals surface area contributed by atoms with E-state index in [9.17, 15) is 19.0 Å². The second kappa shape index (κ2) is 7.51. The summed E-state index contributed by atoms with van der Waals surface area (Å²) in [5.74, 6) is 0.114. The molecule has 0 aliphatic heterocycles. The van der Waals surface area contributed by atoms with Crippen LogP contribution in [-0.4, -0.2) is 16.3 Å². The molecule has 0 saturated heterocycles. The number of carbonyl (C=O) groups is 2. The van der Waals surface area contributed by atoms with Gasteiger partial charge >= 0.3 is 18.8 Å². The van der Waals surface area contributed by atoms with Gasteiger partial charge in [-0.3, -0.25) is 4.57 Å². The molecule has 0 spiro atoms. The molecule has 0 saturated carbocycles. The van der Waals surface area contributed by atoms with Gasteiger partial charge in [0, 0.05) is 0 Å². The molecule has 0 aliphatic carbocycles. The number of fused-ring (bicyclic) bond motifs is 2. The Hall–Kier alpha value is -3.47. The summed E-state index contributed by atoms with van der Waals surface area (Å²) < 4.78 is 22.3. The highest BCUT2D eigenvalue weighted by Crippen LogP contribution is 2.45. The molecule has 144 valence electrons. The van der Waals surface area contributed by atoms with Crippen molar-refractivity contribution in [2.75, 3.05) is 0 Å². The van der Waals surface area contributed by atoms with Crippen LogP contribution in [0, 0.1) is 0 Å². The molecule has 0 aliphatic rings. The summed E-state index contributed by atoms with van der Waals surface area (Å²) in [7, 11) is -5.05. The minimum atomic E-state index is -5.05. The van der Waals surface area contributed by atoms with E-state index in [-0.39, 0.29) is 11.5 Å². The number of hydrogen-bond donors (Lipinski definition) is 1. The lowest BCUT2D eigenvalue weighted by Gasteiger charge is -2.11. The second-order valence-corrected chi connectivity index (χ2v) is 8.21. The fourth-order valence-corrected chi connectivity index (χ4v) is 3.47. The Morgan fingerprint density at radius 2 is 1.00 bits per heavy atom. The highest BCUT2D eigenvalue weighted by Gasteiger charge is 2.43. The largest absolute Gasteiger partial charge is 0.419 e. The fraction of sp³-hybridized carbons (Fsp3) is 0. The zero-order chi connectivity index (χ0) is 20.4.